The minimum Gasteiger partial charge on any atom is -0.481 e. The lowest BCUT2D eigenvalue weighted by molar-refractivity contribution is -0.149. The maximum Gasteiger partial charge on any atom is 0.344 e. The van der Waals surface area contributed by atoms with Gasteiger partial charge in [-0.15, -0.1) is 0 Å². The quantitative estimate of drug-likeness (QED) is 0.672. The van der Waals surface area contributed by atoms with E-state index < -0.39 is 25.1 Å². The fourth-order valence-corrected chi connectivity index (χ4v) is 2.97. The third-order valence-electron chi connectivity index (χ3n) is 3.26. The van der Waals surface area contributed by atoms with Crippen molar-refractivity contribution in [3.63, 3.8) is 0 Å². The van der Waals surface area contributed by atoms with Gasteiger partial charge in [0, 0.05) is 0 Å². The molecule has 0 aliphatic heterocycles. The van der Waals surface area contributed by atoms with E-state index in [1.807, 2.05) is 30.3 Å². The highest BCUT2D eigenvalue weighted by Crippen LogP contribution is 2.25. The van der Waals surface area contributed by atoms with E-state index in [-0.39, 0.29) is 5.75 Å². The molecule has 7 nitrogen and oxygen atoms in total. The Bertz CT molecular complexity index is 960. The summed E-state index contributed by atoms with van der Waals surface area (Å²) in [6, 6.07) is 16.0. The van der Waals surface area contributed by atoms with Gasteiger partial charge >= 0.3 is 5.97 Å². The van der Waals surface area contributed by atoms with Gasteiger partial charge in [0.25, 0.3) is 5.91 Å². The zero-order valence-electron chi connectivity index (χ0n) is 13.5. The molecule has 0 atom stereocenters. The van der Waals surface area contributed by atoms with Crippen molar-refractivity contribution in [1.29, 1.82) is 5.26 Å². The number of hydrogen-bond acceptors (Lipinski definition) is 7. The van der Waals surface area contributed by atoms with Gasteiger partial charge in [0.15, 0.2) is 18.3 Å². The molecule has 1 N–H and O–H groups in total. The Morgan fingerprint density at radius 1 is 1.12 bits per heavy atom. The summed E-state index contributed by atoms with van der Waals surface area (Å²) in [5.74, 6) is -0.919. The molecule has 26 heavy (non-hydrogen) atoms. The first-order valence-electron chi connectivity index (χ1n) is 7.58. The molecular weight excluding hydrogens is 354 g/mol. The molecule has 0 spiro atoms. The van der Waals surface area contributed by atoms with Crippen LogP contribution in [0.15, 0.2) is 48.5 Å². The maximum absolute atomic E-state index is 11.9. The molecule has 8 heteroatoms. The zero-order chi connectivity index (χ0) is 18.4. The fourth-order valence-electron chi connectivity index (χ4n) is 2.09. The summed E-state index contributed by atoms with van der Waals surface area (Å²) in [5.41, 5.74) is 1.10. The number of esters is 1. The predicted octanol–water partition coefficient (Wildman–Crippen LogP) is 2.73. The summed E-state index contributed by atoms with van der Waals surface area (Å²) in [6.45, 7) is -0.842. The monoisotopic (exact) mass is 367 g/mol. The van der Waals surface area contributed by atoms with Gasteiger partial charge in [0.2, 0.25) is 0 Å². The van der Waals surface area contributed by atoms with Crippen molar-refractivity contribution in [2.45, 2.75) is 0 Å². The summed E-state index contributed by atoms with van der Waals surface area (Å²) in [4.78, 5) is 27.8. The van der Waals surface area contributed by atoms with Crippen molar-refractivity contribution in [3.8, 4) is 11.8 Å². The highest BCUT2D eigenvalue weighted by molar-refractivity contribution is 7.22. The highest BCUT2D eigenvalue weighted by Gasteiger charge is 2.12. The lowest BCUT2D eigenvalue weighted by Gasteiger charge is -2.07. The Kier molecular flexibility index (Phi) is 5.41. The number of carbonyl (C=O) groups is 2. The minimum absolute atomic E-state index is 0.283. The number of nitrogens with zero attached hydrogens (tertiary/aromatic N) is 2. The number of nitrogens with one attached hydrogen (secondary N) is 1. The van der Waals surface area contributed by atoms with Gasteiger partial charge in [-0.1, -0.05) is 35.6 Å². The van der Waals surface area contributed by atoms with E-state index in [1.54, 1.807) is 24.3 Å². The number of benzene rings is 2. The fraction of sp³-hybridized carbons (Fsp3) is 0.111. The van der Waals surface area contributed by atoms with Crippen LogP contribution < -0.4 is 10.1 Å². The molecule has 0 saturated carbocycles. The largest absolute Gasteiger partial charge is 0.481 e. The number of para-hydroxylation sites is 2. The molecule has 0 aliphatic rings. The van der Waals surface area contributed by atoms with Gasteiger partial charge < -0.3 is 9.47 Å². The van der Waals surface area contributed by atoms with Gasteiger partial charge in [-0.25, -0.2) is 9.78 Å². The first-order valence-corrected chi connectivity index (χ1v) is 8.40. The summed E-state index contributed by atoms with van der Waals surface area (Å²) >= 11 is 1.33. The zero-order valence-corrected chi connectivity index (χ0v) is 14.3. The number of fused-ring (bicyclic) bond motifs is 1. The first-order chi connectivity index (χ1) is 12.7. The second-order valence-corrected chi connectivity index (χ2v) is 6.12. The Morgan fingerprint density at radius 2 is 1.88 bits per heavy atom. The smallest absolute Gasteiger partial charge is 0.344 e. The SMILES string of the molecule is N#Cc1ccccc1OCC(=O)OCC(=O)Nc1nc2ccccc2s1. The van der Waals surface area contributed by atoms with Crippen LogP contribution in [0, 0.1) is 11.3 Å². The van der Waals surface area contributed by atoms with Crippen LogP contribution in [0.5, 0.6) is 5.75 Å². The molecule has 130 valence electrons. The Hall–Kier alpha value is -3.44. The number of aromatic nitrogens is 1. The number of nitriles is 1. The summed E-state index contributed by atoms with van der Waals surface area (Å²) in [6.07, 6.45) is 0. The van der Waals surface area contributed by atoms with Crippen LogP contribution >= 0.6 is 11.3 Å². The minimum atomic E-state index is -0.711. The molecule has 0 aliphatic carbocycles. The van der Waals surface area contributed by atoms with Crippen molar-refractivity contribution in [2.24, 2.45) is 0 Å². The number of amides is 1. The van der Waals surface area contributed by atoms with Crippen molar-refractivity contribution in [3.05, 3.63) is 54.1 Å². The lowest BCUT2D eigenvalue weighted by Crippen LogP contribution is -2.23. The summed E-state index contributed by atoms with van der Waals surface area (Å²) < 4.78 is 11.1. The third kappa shape index (κ3) is 4.34. The van der Waals surface area contributed by atoms with Gasteiger partial charge in [0.1, 0.15) is 11.8 Å². The molecule has 0 fully saturated rings. The molecule has 1 heterocycles. The van der Waals surface area contributed by atoms with Crippen molar-refractivity contribution in [1.82, 2.24) is 4.98 Å². The van der Waals surface area contributed by atoms with E-state index in [0.29, 0.717) is 10.7 Å². The Balaban J connectivity index is 1.46. The average Bonchev–Trinajstić information content (AvgIpc) is 3.07. The first kappa shape index (κ1) is 17.4. The Morgan fingerprint density at radius 3 is 2.69 bits per heavy atom. The lowest BCUT2D eigenvalue weighted by atomic mass is 10.2. The molecule has 0 bridgehead atoms. The van der Waals surface area contributed by atoms with Crippen LogP contribution in [0.3, 0.4) is 0 Å². The number of carbonyl (C=O) groups excluding carboxylic acids is 2. The van der Waals surface area contributed by atoms with Gasteiger partial charge in [-0.3, -0.25) is 10.1 Å². The molecule has 0 saturated heterocycles. The topological polar surface area (TPSA) is 101 Å². The van der Waals surface area contributed by atoms with Crippen LogP contribution in [-0.2, 0) is 14.3 Å². The van der Waals surface area contributed by atoms with Crippen LogP contribution in [0.2, 0.25) is 0 Å². The molecule has 1 amide bonds. The molecule has 1 aromatic heterocycles. The second kappa shape index (κ2) is 8.09. The number of thiazole rings is 1. The van der Waals surface area contributed by atoms with E-state index in [2.05, 4.69) is 10.3 Å². The molecule has 3 rings (SSSR count). The van der Waals surface area contributed by atoms with Crippen molar-refractivity contribution in [2.75, 3.05) is 18.5 Å². The number of ether oxygens (including phenoxy) is 2. The van der Waals surface area contributed by atoms with Crippen LogP contribution in [-0.4, -0.2) is 30.1 Å². The van der Waals surface area contributed by atoms with Crippen molar-refractivity contribution >= 4 is 38.6 Å². The molecule has 2 aromatic carbocycles. The molecule has 3 aromatic rings. The van der Waals surface area contributed by atoms with Crippen LogP contribution in [0.4, 0.5) is 5.13 Å². The molecule has 0 radical (unpaired) electrons. The van der Waals surface area contributed by atoms with Gasteiger partial charge in [-0.05, 0) is 24.3 Å². The van der Waals surface area contributed by atoms with E-state index >= 15 is 0 Å². The number of hydrogen-bond donors (Lipinski definition) is 1. The number of rotatable bonds is 6. The van der Waals surface area contributed by atoms with E-state index in [0.717, 1.165) is 10.2 Å². The normalized spacial score (nSPS) is 10.1. The van der Waals surface area contributed by atoms with Crippen molar-refractivity contribution < 1.29 is 19.1 Å². The van der Waals surface area contributed by atoms with Gasteiger partial charge in [0.05, 0.1) is 15.8 Å². The summed E-state index contributed by atoms with van der Waals surface area (Å²) in [7, 11) is 0. The number of anilines is 1. The van der Waals surface area contributed by atoms with Gasteiger partial charge in [-0.2, -0.15) is 5.26 Å². The average molecular weight is 367 g/mol. The molecular formula is C18H13N3O4S. The van der Waals surface area contributed by atoms with E-state index in [9.17, 15) is 9.59 Å². The predicted molar refractivity (Wildman–Crippen MR) is 95.9 cm³/mol. The van der Waals surface area contributed by atoms with Crippen LogP contribution in [0.1, 0.15) is 5.56 Å². The second-order valence-electron chi connectivity index (χ2n) is 5.09. The molecule has 0 unspecified atom stereocenters. The summed E-state index contributed by atoms with van der Waals surface area (Å²) in [5, 5.41) is 12.0. The van der Waals surface area contributed by atoms with E-state index in [4.69, 9.17) is 14.7 Å². The Labute approximate surface area is 152 Å². The highest BCUT2D eigenvalue weighted by atomic mass is 32.1. The van der Waals surface area contributed by atoms with E-state index in [1.165, 1.54) is 11.3 Å². The maximum atomic E-state index is 11.9. The van der Waals surface area contributed by atoms with Crippen LogP contribution in [0.25, 0.3) is 10.2 Å². The third-order valence-corrected chi connectivity index (χ3v) is 4.21. The standard InChI is InChI=1S/C18H13N3O4S/c19-9-12-5-1-3-7-14(12)24-11-17(23)25-10-16(22)21-18-20-13-6-2-4-8-15(13)26-18/h1-8H,10-11H2,(H,20,21,22).